The molecule has 1 aromatic carbocycles. The molecule has 1 aromatic rings. The van der Waals surface area contributed by atoms with Crippen LogP contribution in [0.3, 0.4) is 0 Å². The van der Waals surface area contributed by atoms with E-state index in [4.69, 9.17) is 5.73 Å². The van der Waals surface area contributed by atoms with Crippen molar-refractivity contribution in [2.24, 2.45) is 5.92 Å². The Morgan fingerprint density at radius 3 is 2.33 bits per heavy atom. The summed E-state index contributed by atoms with van der Waals surface area (Å²) in [6.45, 7) is 0.706. The first-order chi connectivity index (χ1) is 7.08. The fraction of sp³-hybridized carbons (Fsp3) is 0.455. The van der Waals surface area contributed by atoms with Gasteiger partial charge in [-0.2, -0.15) is 0 Å². The van der Waals surface area contributed by atoms with Crippen LogP contribution in [-0.4, -0.2) is 13.6 Å². The van der Waals surface area contributed by atoms with Crippen molar-refractivity contribution in [3.8, 4) is 0 Å². The number of hydrogen-bond donors (Lipinski definition) is 1. The van der Waals surface area contributed by atoms with Crippen molar-refractivity contribution < 1.29 is 8.78 Å². The third kappa shape index (κ3) is 2.19. The van der Waals surface area contributed by atoms with E-state index < -0.39 is 11.6 Å². The van der Waals surface area contributed by atoms with E-state index >= 15 is 0 Å². The number of hydrogen-bond acceptors (Lipinski definition) is 2. The van der Waals surface area contributed by atoms with Crippen LogP contribution < -0.4 is 10.6 Å². The number of rotatable bonds is 3. The molecule has 2 rings (SSSR count). The molecule has 0 spiro atoms. The van der Waals surface area contributed by atoms with Gasteiger partial charge in [0.2, 0.25) is 0 Å². The highest BCUT2D eigenvalue weighted by atomic mass is 19.1. The summed E-state index contributed by atoms with van der Waals surface area (Å²) in [4.78, 5) is 1.63. The SMILES string of the molecule is CN(CC1CC1)c1c(F)cc(N)cc1F. The first-order valence-corrected chi connectivity index (χ1v) is 5.03. The molecular formula is C11H14F2N2. The van der Waals surface area contributed by atoms with Crippen LogP contribution >= 0.6 is 0 Å². The minimum atomic E-state index is -0.587. The van der Waals surface area contributed by atoms with Crippen molar-refractivity contribution in [1.29, 1.82) is 0 Å². The second kappa shape index (κ2) is 3.68. The zero-order chi connectivity index (χ0) is 11.0. The van der Waals surface area contributed by atoms with Gasteiger partial charge in [0.25, 0.3) is 0 Å². The van der Waals surface area contributed by atoms with Crippen molar-refractivity contribution in [2.45, 2.75) is 12.8 Å². The third-order valence-corrected chi connectivity index (χ3v) is 2.65. The Morgan fingerprint density at radius 2 is 1.87 bits per heavy atom. The summed E-state index contributed by atoms with van der Waals surface area (Å²) in [7, 11) is 1.70. The number of benzene rings is 1. The van der Waals surface area contributed by atoms with E-state index in [0.717, 1.165) is 25.0 Å². The maximum Gasteiger partial charge on any atom is 0.151 e. The highest BCUT2D eigenvalue weighted by Crippen LogP contribution is 2.32. The molecule has 0 radical (unpaired) electrons. The van der Waals surface area contributed by atoms with Crippen LogP contribution in [0.25, 0.3) is 0 Å². The third-order valence-electron chi connectivity index (χ3n) is 2.65. The Hall–Kier alpha value is -1.32. The lowest BCUT2D eigenvalue weighted by atomic mass is 10.2. The van der Waals surface area contributed by atoms with Gasteiger partial charge in [-0.3, -0.25) is 0 Å². The molecule has 4 heteroatoms. The van der Waals surface area contributed by atoms with E-state index in [9.17, 15) is 8.78 Å². The van der Waals surface area contributed by atoms with Gasteiger partial charge in [-0.25, -0.2) is 8.78 Å². The van der Waals surface area contributed by atoms with E-state index in [2.05, 4.69) is 0 Å². The first-order valence-electron chi connectivity index (χ1n) is 5.03. The van der Waals surface area contributed by atoms with E-state index in [0.29, 0.717) is 12.5 Å². The van der Waals surface area contributed by atoms with Gasteiger partial charge in [-0.05, 0) is 30.9 Å². The standard InChI is InChI=1S/C11H14F2N2/c1-15(6-7-2-3-7)11-9(12)4-8(14)5-10(11)13/h4-5,7H,2-3,6,14H2,1H3. The molecule has 0 bridgehead atoms. The number of nitrogens with two attached hydrogens (primary N) is 1. The topological polar surface area (TPSA) is 29.3 Å². The molecule has 1 aliphatic rings. The first kappa shape index (κ1) is 10.2. The van der Waals surface area contributed by atoms with Crippen LogP contribution in [0.5, 0.6) is 0 Å². The van der Waals surface area contributed by atoms with Gasteiger partial charge in [-0.15, -0.1) is 0 Å². The van der Waals surface area contributed by atoms with Crippen molar-refractivity contribution in [1.82, 2.24) is 0 Å². The average Bonchev–Trinajstić information content (AvgIpc) is 2.85. The summed E-state index contributed by atoms with van der Waals surface area (Å²) in [5.74, 6) is -0.586. The van der Waals surface area contributed by atoms with Gasteiger partial charge in [0.05, 0.1) is 0 Å². The number of halogens is 2. The van der Waals surface area contributed by atoms with Gasteiger partial charge < -0.3 is 10.6 Å². The Kier molecular flexibility index (Phi) is 2.50. The number of nitrogens with zero attached hydrogens (tertiary/aromatic N) is 1. The summed E-state index contributed by atoms with van der Waals surface area (Å²) in [6, 6.07) is 2.31. The number of nitrogen functional groups attached to an aromatic ring is 1. The summed E-state index contributed by atoms with van der Waals surface area (Å²) < 4.78 is 26.9. The molecule has 0 aliphatic heterocycles. The normalized spacial score (nSPS) is 15.4. The highest BCUT2D eigenvalue weighted by Gasteiger charge is 2.25. The van der Waals surface area contributed by atoms with Gasteiger partial charge in [0.1, 0.15) is 5.69 Å². The second-order valence-electron chi connectivity index (χ2n) is 4.16. The summed E-state index contributed by atoms with van der Waals surface area (Å²) in [6.07, 6.45) is 2.31. The smallest absolute Gasteiger partial charge is 0.151 e. The molecule has 82 valence electrons. The monoisotopic (exact) mass is 212 g/mol. The molecular weight excluding hydrogens is 198 g/mol. The zero-order valence-corrected chi connectivity index (χ0v) is 8.63. The van der Waals surface area contributed by atoms with Crippen molar-refractivity contribution in [2.75, 3.05) is 24.2 Å². The summed E-state index contributed by atoms with van der Waals surface area (Å²) in [5.41, 5.74) is 5.49. The Bertz CT molecular complexity index is 352. The summed E-state index contributed by atoms with van der Waals surface area (Å²) >= 11 is 0. The van der Waals surface area contributed by atoms with Crippen LogP contribution in [0, 0.1) is 17.6 Å². The largest absolute Gasteiger partial charge is 0.399 e. The van der Waals surface area contributed by atoms with E-state index in [-0.39, 0.29) is 11.4 Å². The predicted octanol–water partition coefficient (Wildman–Crippen LogP) is 2.39. The number of anilines is 2. The van der Waals surface area contributed by atoms with E-state index in [1.807, 2.05) is 0 Å². The molecule has 2 nitrogen and oxygen atoms in total. The predicted molar refractivity (Wildman–Crippen MR) is 56.8 cm³/mol. The van der Waals surface area contributed by atoms with Gasteiger partial charge in [-0.1, -0.05) is 0 Å². The van der Waals surface area contributed by atoms with Crippen LogP contribution in [0.4, 0.5) is 20.2 Å². The fourth-order valence-corrected chi connectivity index (χ4v) is 1.73. The minimum Gasteiger partial charge on any atom is -0.399 e. The van der Waals surface area contributed by atoms with Crippen molar-refractivity contribution in [3.05, 3.63) is 23.8 Å². The van der Waals surface area contributed by atoms with E-state index in [1.54, 1.807) is 11.9 Å². The van der Waals surface area contributed by atoms with Crippen LogP contribution in [0.2, 0.25) is 0 Å². The Morgan fingerprint density at radius 1 is 1.33 bits per heavy atom. The Labute approximate surface area is 87.7 Å². The average molecular weight is 212 g/mol. The summed E-state index contributed by atoms with van der Waals surface area (Å²) in [5, 5.41) is 0. The van der Waals surface area contributed by atoms with Crippen molar-refractivity contribution in [3.63, 3.8) is 0 Å². The molecule has 0 unspecified atom stereocenters. The quantitative estimate of drug-likeness (QED) is 0.779. The second-order valence-corrected chi connectivity index (χ2v) is 4.16. The molecule has 15 heavy (non-hydrogen) atoms. The lowest BCUT2D eigenvalue weighted by Crippen LogP contribution is -2.22. The van der Waals surface area contributed by atoms with Crippen LogP contribution in [0.1, 0.15) is 12.8 Å². The molecule has 1 saturated carbocycles. The lowest BCUT2D eigenvalue weighted by Gasteiger charge is -2.20. The van der Waals surface area contributed by atoms with Gasteiger partial charge in [0, 0.05) is 19.3 Å². The molecule has 1 fully saturated rings. The maximum atomic E-state index is 13.5. The van der Waals surface area contributed by atoms with Crippen molar-refractivity contribution >= 4 is 11.4 Å². The lowest BCUT2D eigenvalue weighted by molar-refractivity contribution is 0.575. The minimum absolute atomic E-state index is 0.0242. The molecule has 1 aliphatic carbocycles. The van der Waals surface area contributed by atoms with E-state index in [1.165, 1.54) is 0 Å². The van der Waals surface area contributed by atoms with Gasteiger partial charge in [0.15, 0.2) is 11.6 Å². The van der Waals surface area contributed by atoms with Crippen LogP contribution in [0.15, 0.2) is 12.1 Å². The van der Waals surface area contributed by atoms with Gasteiger partial charge >= 0.3 is 0 Å². The Balaban J connectivity index is 2.24. The van der Waals surface area contributed by atoms with Crippen LogP contribution in [-0.2, 0) is 0 Å². The molecule has 0 heterocycles. The zero-order valence-electron chi connectivity index (χ0n) is 8.63. The molecule has 0 aromatic heterocycles. The molecule has 0 atom stereocenters. The molecule has 0 amide bonds. The molecule has 0 saturated heterocycles. The fourth-order valence-electron chi connectivity index (χ4n) is 1.73. The maximum absolute atomic E-state index is 13.5. The molecule has 2 N–H and O–H groups in total. The highest BCUT2D eigenvalue weighted by molar-refractivity contribution is 5.55.